The van der Waals surface area contributed by atoms with Crippen LogP contribution in [0.5, 0.6) is 0 Å². The van der Waals surface area contributed by atoms with E-state index >= 15 is 0 Å². The van der Waals surface area contributed by atoms with Crippen LogP contribution in [0.25, 0.3) is 0 Å². The third-order valence-electron chi connectivity index (χ3n) is 10.6. The summed E-state index contributed by atoms with van der Waals surface area (Å²) in [5.41, 5.74) is 8.99. The molecule has 0 nitrogen and oxygen atoms in total. The van der Waals surface area contributed by atoms with Gasteiger partial charge in [-0.1, -0.05) is 169 Å². The van der Waals surface area contributed by atoms with Gasteiger partial charge in [0.15, 0.2) is 8.07 Å². The van der Waals surface area contributed by atoms with E-state index in [-0.39, 0.29) is 0 Å². The topological polar surface area (TPSA) is 0 Å². The van der Waals surface area contributed by atoms with Crippen LogP contribution in [0.2, 0.25) is 58.9 Å². The van der Waals surface area contributed by atoms with Crippen molar-refractivity contribution in [3.8, 4) is 0 Å². The van der Waals surface area contributed by atoms with Crippen molar-refractivity contribution in [2.45, 2.75) is 107 Å². The molecule has 43 heavy (non-hydrogen) atoms. The summed E-state index contributed by atoms with van der Waals surface area (Å²) in [5, 5.41) is 11.3. The minimum Gasteiger partial charge on any atom is -0.0656 e. The summed E-state index contributed by atoms with van der Waals surface area (Å²) >= 11 is 0. The first-order chi connectivity index (χ1) is 19.6. The standard InChI is InChI=1S/C39H58Si4/c1-26-17-20-33(40(8,9)10)23-36(26)43(39-31(6)29(4)30(5)32(39)7,37-24-34(41(11,12)13)21-18-27(37)2)38-25-35(42(14,15)16)22-19-28(38)3/h17-25,31H,1-16H3. The average molecular weight is 639 g/mol. The quantitative estimate of drug-likeness (QED) is 0.185. The van der Waals surface area contributed by atoms with Crippen molar-refractivity contribution < 1.29 is 0 Å². The fraction of sp³-hybridized carbons (Fsp3) is 0.436. The second kappa shape index (κ2) is 11.4. The highest BCUT2D eigenvalue weighted by atomic mass is 28.3. The summed E-state index contributed by atoms with van der Waals surface area (Å²) in [6.07, 6.45) is 0. The van der Waals surface area contributed by atoms with Gasteiger partial charge in [0.2, 0.25) is 0 Å². The molecule has 0 saturated heterocycles. The normalized spacial score (nSPS) is 16.9. The van der Waals surface area contributed by atoms with E-state index in [4.69, 9.17) is 0 Å². The van der Waals surface area contributed by atoms with Crippen molar-refractivity contribution in [1.82, 2.24) is 0 Å². The van der Waals surface area contributed by atoms with Crippen molar-refractivity contribution in [2.24, 2.45) is 5.92 Å². The second-order valence-electron chi connectivity index (χ2n) is 16.7. The Morgan fingerprint density at radius 2 is 0.744 bits per heavy atom. The maximum Gasteiger partial charge on any atom is 0.177 e. The Bertz CT molecular complexity index is 1480. The lowest BCUT2D eigenvalue weighted by molar-refractivity contribution is 0.851. The fourth-order valence-electron chi connectivity index (χ4n) is 7.32. The predicted octanol–water partition coefficient (Wildman–Crippen LogP) is 7.56. The van der Waals surface area contributed by atoms with Gasteiger partial charge in [0, 0.05) is 0 Å². The Morgan fingerprint density at radius 3 is 0.977 bits per heavy atom. The highest BCUT2D eigenvalue weighted by Crippen LogP contribution is 2.42. The third kappa shape index (κ3) is 5.90. The minimum atomic E-state index is -2.76. The maximum absolute atomic E-state index is 2.76. The van der Waals surface area contributed by atoms with Crippen LogP contribution in [0.1, 0.15) is 44.4 Å². The van der Waals surface area contributed by atoms with Crippen LogP contribution < -0.4 is 31.1 Å². The zero-order valence-electron chi connectivity index (χ0n) is 30.3. The van der Waals surface area contributed by atoms with E-state index in [9.17, 15) is 0 Å². The number of aryl methyl sites for hydroxylation is 3. The molecule has 4 rings (SSSR count). The Hall–Kier alpha value is -1.99. The van der Waals surface area contributed by atoms with Crippen molar-refractivity contribution in [2.75, 3.05) is 0 Å². The molecule has 3 aromatic carbocycles. The molecule has 1 aliphatic carbocycles. The molecular formula is C39H58Si4. The molecule has 0 radical (unpaired) electrons. The molecule has 0 heterocycles. The van der Waals surface area contributed by atoms with E-state index in [1.54, 1.807) is 47.5 Å². The molecule has 0 spiro atoms. The molecule has 1 aliphatic rings. The molecule has 4 heteroatoms. The van der Waals surface area contributed by atoms with Crippen molar-refractivity contribution in [1.29, 1.82) is 0 Å². The summed E-state index contributed by atoms with van der Waals surface area (Å²) in [5.74, 6) is 0.423. The van der Waals surface area contributed by atoms with E-state index in [1.807, 2.05) is 0 Å². The smallest absolute Gasteiger partial charge is 0.0656 e. The van der Waals surface area contributed by atoms with Crippen molar-refractivity contribution in [3.05, 3.63) is 93.2 Å². The summed E-state index contributed by atoms with van der Waals surface area (Å²) in [4.78, 5) is 0. The van der Waals surface area contributed by atoms with Crippen LogP contribution in [0, 0.1) is 26.7 Å². The van der Waals surface area contributed by atoms with Gasteiger partial charge in [0.1, 0.15) is 0 Å². The molecular weight excluding hydrogens is 581 g/mol. The highest BCUT2D eigenvalue weighted by Gasteiger charge is 2.51. The summed E-state index contributed by atoms with van der Waals surface area (Å²) < 4.78 is 0. The fourth-order valence-corrected chi connectivity index (χ4v) is 17.7. The van der Waals surface area contributed by atoms with Crippen molar-refractivity contribution in [3.63, 3.8) is 0 Å². The zero-order chi connectivity index (χ0) is 32.4. The van der Waals surface area contributed by atoms with Gasteiger partial charge < -0.3 is 0 Å². The second-order valence-corrected chi connectivity index (χ2v) is 35.5. The molecule has 1 unspecified atom stereocenters. The SMILES string of the molecule is CC1=C(C)C(C)C([Si](c2cc([Si](C)(C)C)ccc2C)(c2cc([Si](C)(C)C)ccc2C)c2cc([Si](C)(C)C)ccc2C)=C1C. The molecule has 3 aromatic rings. The minimum absolute atomic E-state index is 0.423. The number of allylic oxidation sites excluding steroid dienone is 4. The van der Waals surface area contributed by atoms with Crippen LogP contribution >= 0.6 is 0 Å². The molecule has 0 aliphatic heterocycles. The number of hydrogen-bond donors (Lipinski definition) is 0. The lowest BCUT2D eigenvalue weighted by atomic mass is 10.1. The predicted molar refractivity (Wildman–Crippen MR) is 207 cm³/mol. The first kappa shape index (κ1) is 33.9. The Kier molecular flexibility index (Phi) is 9.00. The van der Waals surface area contributed by atoms with Gasteiger partial charge in [-0.15, -0.1) is 0 Å². The van der Waals surface area contributed by atoms with E-state index in [1.165, 1.54) is 22.3 Å². The first-order valence-electron chi connectivity index (χ1n) is 16.4. The van der Waals surface area contributed by atoms with E-state index in [0.29, 0.717) is 5.92 Å². The lowest BCUT2D eigenvalue weighted by Gasteiger charge is -2.43. The van der Waals surface area contributed by atoms with Gasteiger partial charge in [0.05, 0.1) is 24.2 Å². The average Bonchev–Trinajstić information content (AvgIpc) is 3.08. The van der Waals surface area contributed by atoms with Gasteiger partial charge >= 0.3 is 0 Å². The Balaban J connectivity index is 2.40. The van der Waals surface area contributed by atoms with Crippen LogP contribution in [0.4, 0.5) is 0 Å². The van der Waals surface area contributed by atoms with Crippen molar-refractivity contribution >= 4 is 63.4 Å². The zero-order valence-corrected chi connectivity index (χ0v) is 34.3. The highest BCUT2D eigenvalue weighted by molar-refractivity contribution is 7.17. The molecule has 0 bridgehead atoms. The summed E-state index contributed by atoms with van der Waals surface area (Å²) in [7, 11) is -7.46. The van der Waals surface area contributed by atoms with Gasteiger partial charge in [-0.3, -0.25) is 0 Å². The molecule has 1 atom stereocenters. The summed E-state index contributed by atoms with van der Waals surface area (Å²) in [6, 6.07) is 22.9. The Labute approximate surface area is 268 Å². The van der Waals surface area contributed by atoms with E-state index in [0.717, 1.165) is 0 Å². The molecule has 0 amide bonds. The van der Waals surface area contributed by atoms with Gasteiger partial charge in [-0.2, -0.15) is 0 Å². The number of rotatable bonds is 7. The molecule has 0 fully saturated rings. The summed E-state index contributed by atoms with van der Waals surface area (Å²) in [6.45, 7) is 39.6. The van der Waals surface area contributed by atoms with Crippen LogP contribution in [-0.4, -0.2) is 32.3 Å². The van der Waals surface area contributed by atoms with Crippen LogP contribution in [0.15, 0.2) is 76.5 Å². The largest absolute Gasteiger partial charge is 0.177 e. The Morgan fingerprint density at radius 1 is 0.442 bits per heavy atom. The van der Waals surface area contributed by atoms with Crippen LogP contribution in [0.3, 0.4) is 0 Å². The van der Waals surface area contributed by atoms with Crippen LogP contribution in [-0.2, 0) is 0 Å². The number of benzene rings is 3. The van der Waals surface area contributed by atoms with Gasteiger partial charge in [-0.25, -0.2) is 0 Å². The monoisotopic (exact) mass is 638 g/mol. The van der Waals surface area contributed by atoms with Gasteiger partial charge in [0.25, 0.3) is 0 Å². The van der Waals surface area contributed by atoms with E-state index in [2.05, 4.69) is 162 Å². The first-order valence-corrected chi connectivity index (χ1v) is 28.9. The molecule has 0 saturated carbocycles. The van der Waals surface area contributed by atoms with E-state index < -0.39 is 32.3 Å². The lowest BCUT2D eigenvalue weighted by Crippen LogP contribution is -2.73. The maximum atomic E-state index is 2.71. The molecule has 0 aromatic heterocycles. The third-order valence-corrected chi connectivity index (χ3v) is 22.4. The molecule has 230 valence electrons. The van der Waals surface area contributed by atoms with Gasteiger partial charge in [-0.05, 0) is 68.6 Å². The molecule has 0 N–H and O–H groups in total. The number of hydrogen-bond acceptors (Lipinski definition) is 0.